The van der Waals surface area contributed by atoms with Gasteiger partial charge >= 0.3 is 6.09 Å². The van der Waals surface area contributed by atoms with Crippen molar-refractivity contribution in [2.24, 2.45) is 11.5 Å². The molecular formula is C3H10N2O2. The van der Waals surface area contributed by atoms with Gasteiger partial charge < -0.3 is 16.2 Å². The van der Waals surface area contributed by atoms with Crippen molar-refractivity contribution >= 4 is 6.09 Å². The Labute approximate surface area is 42.4 Å². The number of methoxy groups -OCH3 is 1. The minimum atomic E-state index is -0.745. The molecule has 4 nitrogen and oxygen atoms in total. The van der Waals surface area contributed by atoms with Crippen molar-refractivity contribution in [3.8, 4) is 0 Å². The van der Waals surface area contributed by atoms with Crippen LogP contribution in [0.2, 0.25) is 0 Å². The van der Waals surface area contributed by atoms with Gasteiger partial charge in [0.15, 0.2) is 0 Å². The summed E-state index contributed by atoms with van der Waals surface area (Å²) in [6.07, 6.45) is -0.745. The van der Waals surface area contributed by atoms with Crippen LogP contribution in [0.1, 0.15) is 0 Å². The SMILES string of the molecule is CN.COC(N)=O. The van der Waals surface area contributed by atoms with Gasteiger partial charge in [-0.2, -0.15) is 0 Å². The smallest absolute Gasteiger partial charge is 0.404 e. The molecule has 0 heterocycles. The predicted molar refractivity (Wildman–Crippen MR) is 26.7 cm³/mol. The minimum absolute atomic E-state index is 0.745. The summed E-state index contributed by atoms with van der Waals surface area (Å²) in [5.74, 6) is 0. The highest BCUT2D eigenvalue weighted by atomic mass is 16.5. The van der Waals surface area contributed by atoms with Gasteiger partial charge in [-0.25, -0.2) is 4.79 Å². The van der Waals surface area contributed by atoms with E-state index in [4.69, 9.17) is 0 Å². The Bertz CT molecular complexity index is 46.2. The summed E-state index contributed by atoms with van der Waals surface area (Å²) in [4.78, 5) is 9.37. The van der Waals surface area contributed by atoms with Crippen LogP contribution < -0.4 is 11.5 Å². The van der Waals surface area contributed by atoms with Crippen LogP contribution in [0.5, 0.6) is 0 Å². The summed E-state index contributed by atoms with van der Waals surface area (Å²) in [7, 11) is 2.72. The lowest BCUT2D eigenvalue weighted by molar-refractivity contribution is 0.182. The topological polar surface area (TPSA) is 78.3 Å². The molecule has 0 atom stereocenters. The number of hydrogen-bond donors (Lipinski definition) is 2. The van der Waals surface area contributed by atoms with E-state index in [-0.39, 0.29) is 0 Å². The van der Waals surface area contributed by atoms with Crippen molar-refractivity contribution in [1.82, 2.24) is 0 Å². The van der Waals surface area contributed by atoms with E-state index in [1.807, 2.05) is 0 Å². The lowest BCUT2D eigenvalue weighted by atomic mass is 11.3. The van der Waals surface area contributed by atoms with E-state index in [0.717, 1.165) is 0 Å². The number of amides is 1. The molecule has 1 amide bonds. The first-order chi connectivity index (χ1) is 3.27. The summed E-state index contributed by atoms with van der Waals surface area (Å²) in [5.41, 5.74) is 8.93. The van der Waals surface area contributed by atoms with E-state index >= 15 is 0 Å². The first kappa shape index (κ1) is 9.52. The van der Waals surface area contributed by atoms with Gasteiger partial charge in [-0.3, -0.25) is 0 Å². The Morgan fingerprint density at radius 1 is 1.57 bits per heavy atom. The third kappa shape index (κ3) is 36.1. The number of ether oxygens (including phenoxy) is 1. The fraction of sp³-hybridized carbons (Fsp3) is 0.667. The molecule has 0 bridgehead atoms. The van der Waals surface area contributed by atoms with E-state index in [1.54, 1.807) is 0 Å². The number of carbonyl (C=O) groups excluding carboxylic acids is 1. The van der Waals surface area contributed by atoms with Crippen LogP contribution in [-0.4, -0.2) is 20.3 Å². The molecule has 0 aliphatic heterocycles. The zero-order chi connectivity index (χ0) is 6.28. The second-order valence-electron chi connectivity index (χ2n) is 0.523. The third-order valence-corrected chi connectivity index (χ3v) is 0.201. The summed E-state index contributed by atoms with van der Waals surface area (Å²) in [5, 5.41) is 0. The number of primary amides is 1. The zero-order valence-electron chi connectivity index (χ0n) is 4.47. The first-order valence-corrected chi connectivity index (χ1v) is 1.68. The number of hydrogen-bond acceptors (Lipinski definition) is 3. The molecule has 0 radical (unpaired) electrons. The number of nitrogens with two attached hydrogens (primary N) is 2. The van der Waals surface area contributed by atoms with Crippen LogP contribution in [0.4, 0.5) is 4.79 Å². The molecule has 0 unspecified atom stereocenters. The van der Waals surface area contributed by atoms with Crippen molar-refractivity contribution < 1.29 is 9.53 Å². The normalized spacial score (nSPS) is 5.57. The highest BCUT2D eigenvalue weighted by Crippen LogP contribution is 1.55. The van der Waals surface area contributed by atoms with Gasteiger partial charge in [0.05, 0.1) is 7.11 Å². The zero-order valence-corrected chi connectivity index (χ0v) is 4.47. The van der Waals surface area contributed by atoms with E-state index in [2.05, 4.69) is 16.2 Å². The molecule has 44 valence electrons. The van der Waals surface area contributed by atoms with Crippen LogP contribution in [0.25, 0.3) is 0 Å². The van der Waals surface area contributed by atoms with Gasteiger partial charge in [0, 0.05) is 0 Å². The molecule has 0 aromatic carbocycles. The Morgan fingerprint density at radius 3 is 1.71 bits per heavy atom. The molecule has 7 heavy (non-hydrogen) atoms. The molecule has 4 N–H and O–H groups in total. The maximum atomic E-state index is 9.37. The van der Waals surface area contributed by atoms with Crippen LogP contribution in [-0.2, 0) is 4.74 Å². The minimum Gasteiger partial charge on any atom is -0.453 e. The van der Waals surface area contributed by atoms with E-state index < -0.39 is 6.09 Å². The maximum absolute atomic E-state index is 9.37. The highest BCUT2D eigenvalue weighted by Gasteiger charge is 1.76. The molecule has 0 aromatic heterocycles. The molecule has 4 heteroatoms. The summed E-state index contributed by atoms with van der Waals surface area (Å²) in [6.45, 7) is 0. The fourth-order valence-electron chi connectivity index (χ4n) is 0. The summed E-state index contributed by atoms with van der Waals surface area (Å²) >= 11 is 0. The van der Waals surface area contributed by atoms with E-state index in [9.17, 15) is 4.79 Å². The van der Waals surface area contributed by atoms with Crippen molar-refractivity contribution in [3.63, 3.8) is 0 Å². The van der Waals surface area contributed by atoms with Crippen LogP contribution in [0.15, 0.2) is 0 Å². The van der Waals surface area contributed by atoms with Gasteiger partial charge in [0.1, 0.15) is 0 Å². The van der Waals surface area contributed by atoms with Gasteiger partial charge in [0.2, 0.25) is 0 Å². The molecule has 0 aromatic rings. The Balaban J connectivity index is 0. The molecule has 0 fully saturated rings. The average Bonchev–Trinajstić information content (AvgIpc) is 1.73. The number of carbonyl (C=O) groups is 1. The van der Waals surface area contributed by atoms with Crippen LogP contribution in [0, 0.1) is 0 Å². The molecule has 0 saturated heterocycles. The predicted octanol–water partition coefficient (Wildman–Crippen LogP) is -0.714. The average molecular weight is 106 g/mol. The van der Waals surface area contributed by atoms with Crippen molar-refractivity contribution in [3.05, 3.63) is 0 Å². The Kier molecular flexibility index (Phi) is 12.2. The number of rotatable bonds is 0. The van der Waals surface area contributed by atoms with Crippen molar-refractivity contribution in [2.75, 3.05) is 14.2 Å². The fourth-order valence-corrected chi connectivity index (χ4v) is 0. The van der Waals surface area contributed by atoms with Crippen LogP contribution in [0.3, 0.4) is 0 Å². The summed E-state index contributed by atoms with van der Waals surface area (Å²) < 4.78 is 3.89. The Morgan fingerprint density at radius 2 is 1.71 bits per heavy atom. The monoisotopic (exact) mass is 106 g/mol. The lowest BCUT2D eigenvalue weighted by Gasteiger charge is -1.81. The van der Waals surface area contributed by atoms with Gasteiger partial charge in [-0.05, 0) is 7.05 Å². The van der Waals surface area contributed by atoms with Gasteiger partial charge in [0.25, 0.3) is 0 Å². The standard InChI is InChI=1S/C2H5NO2.CH5N/c1-5-2(3)4;1-2/h1H3,(H2,3,4);2H2,1H3. The molecule has 0 aliphatic rings. The lowest BCUT2D eigenvalue weighted by Crippen LogP contribution is -2.08. The molecule has 0 spiro atoms. The highest BCUT2D eigenvalue weighted by molar-refractivity contribution is 5.64. The van der Waals surface area contributed by atoms with Gasteiger partial charge in [-0.1, -0.05) is 0 Å². The second kappa shape index (κ2) is 8.97. The maximum Gasteiger partial charge on any atom is 0.404 e. The molecule has 0 aliphatic carbocycles. The van der Waals surface area contributed by atoms with Crippen LogP contribution >= 0.6 is 0 Å². The largest absolute Gasteiger partial charge is 0.453 e. The molecule has 0 rings (SSSR count). The summed E-state index contributed by atoms with van der Waals surface area (Å²) in [6, 6.07) is 0. The van der Waals surface area contributed by atoms with Crippen molar-refractivity contribution in [1.29, 1.82) is 0 Å². The van der Waals surface area contributed by atoms with Gasteiger partial charge in [-0.15, -0.1) is 0 Å². The second-order valence-corrected chi connectivity index (χ2v) is 0.523. The first-order valence-electron chi connectivity index (χ1n) is 1.68. The Hall–Kier alpha value is -0.770. The molecule has 0 saturated carbocycles. The van der Waals surface area contributed by atoms with Crippen molar-refractivity contribution in [2.45, 2.75) is 0 Å². The van der Waals surface area contributed by atoms with E-state index in [1.165, 1.54) is 14.2 Å². The van der Waals surface area contributed by atoms with E-state index in [0.29, 0.717) is 0 Å². The third-order valence-electron chi connectivity index (χ3n) is 0.201. The molecular weight excluding hydrogens is 96.0 g/mol. The quantitative estimate of drug-likeness (QED) is 0.428.